The number of hydrogen-bond acceptors (Lipinski definition) is 5. The summed E-state index contributed by atoms with van der Waals surface area (Å²) < 4.78 is 66.3. The Bertz CT molecular complexity index is 600. The highest BCUT2D eigenvalue weighted by Gasteiger charge is 2.45. The van der Waals surface area contributed by atoms with E-state index in [4.69, 9.17) is 4.74 Å². The third-order valence-electron chi connectivity index (χ3n) is 3.40. The number of aryl methyl sites for hydroxylation is 1. The van der Waals surface area contributed by atoms with Crippen molar-refractivity contribution in [3.05, 3.63) is 18.0 Å². The summed E-state index contributed by atoms with van der Waals surface area (Å²) in [4.78, 5) is 1.67. The summed E-state index contributed by atoms with van der Waals surface area (Å²) in [6, 6.07) is 0. The van der Waals surface area contributed by atoms with Gasteiger partial charge in [0.15, 0.2) is 0 Å². The molecule has 1 saturated heterocycles. The van der Waals surface area contributed by atoms with Crippen LogP contribution in [0, 0.1) is 6.92 Å². The summed E-state index contributed by atoms with van der Waals surface area (Å²) in [5.74, 6) is -0.926. The molecule has 0 aliphatic carbocycles. The Morgan fingerprint density at radius 1 is 1.45 bits per heavy atom. The smallest absolute Gasteiger partial charge is 0.374 e. The lowest BCUT2D eigenvalue weighted by molar-refractivity contribution is -0.0455. The van der Waals surface area contributed by atoms with Gasteiger partial charge in [-0.3, -0.25) is 9.58 Å². The number of morpholine rings is 1. The van der Waals surface area contributed by atoms with Crippen LogP contribution in [0.15, 0.2) is 12.4 Å². The number of aromatic nitrogens is 2. The van der Waals surface area contributed by atoms with Crippen molar-refractivity contribution in [1.29, 1.82) is 0 Å². The zero-order chi connectivity index (χ0) is 16.4. The third kappa shape index (κ3) is 4.43. The largest absolute Gasteiger partial charge is 0.497 e. The fourth-order valence-electron chi connectivity index (χ4n) is 2.23. The molecule has 2 heterocycles. The van der Waals surface area contributed by atoms with E-state index in [9.17, 15) is 21.6 Å². The van der Waals surface area contributed by atoms with Crippen LogP contribution in [0.1, 0.15) is 5.56 Å². The molecule has 1 aromatic heterocycles. The van der Waals surface area contributed by atoms with Crippen molar-refractivity contribution in [1.82, 2.24) is 14.7 Å². The normalized spacial score (nSPS) is 21.2. The maximum Gasteiger partial charge on any atom is 0.497 e. The second kappa shape index (κ2) is 6.55. The molecule has 0 spiro atoms. The van der Waals surface area contributed by atoms with E-state index in [0.717, 1.165) is 5.56 Å². The number of sulfone groups is 1. The molecule has 0 unspecified atom stereocenters. The summed E-state index contributed by atoms with van der Waals surface area (Å²) in [6.07, 6.45) is 3.33. The molecule has 1 aliphatic rings. The minimum absolute atomic E-state index is 0.153. The summed E-state index contributed by atoms with van der Waals surface area (Å²) in [6.45, 7) is 3.39. The first-order valence-corrected chi connectivity index (χ1v) is 8.44. The summed E-state index contributed by atoms with van der Waals surface area (Å²) in [7, 11) is -5.07. The number of halogens is 3. The van der Waals surface area contributed by atoms with E-state index >= 15 is 0 Å². The first kappa shape index (κ1) is 17.2. The predicted molar refractivity (Wildman–Crippen MR) is 73.0 cm³/mol. The number of hydrogen-bond donors (Lipinski definition) is 0. The molecule has 10 heteroatoms. The van der Waals surface area contributed by atoms with E-state index in [0.29, 0.717) is 26.2 Å². The number of ether oxygens (including phenoxy) is 1. The van der Waals surface area contributed by atoms with E-state index in [2.05, 4.69) is 5.10 Å². The Morgan fingerprint density at radius 2 is 2.18 bits per heavy atom. The second-order valence-electron chi connectivity index (χ2n) is 5.30. The van der Waals surface area contributed by atoms with Gasteiger partial charge in [-0.1, -0.05) is 0 Å². The lowest BCUT2D eigenvalue weighted by Gasteiger charge is -2.32. The molecule has 1 aliphatic heterocycles. The quantitative estimate of drug-likeness (QED) is 0.794. The average Bonchev–Trinajstić information content (AvgIpc) is 2.81. The maximum atomic E-state index is 12.3. The van der Waals surface area contributed by atoms with Crippen LogP contribution < -0.4 is 0 Å². The van der Waals surface area contributed by atoms with Crippen LogP contribution in [-0.4, -0.2) is 66.7 Å². The minimum Gasteiger partial charge on any atom is -0.374 e. The van der Waals surface area contributed by atoms with Gasteiger partial charge in [0, 0.05) is 25.8 Å². The second-order valence-corrected chi connectivity index (χ2v) is 7.40. The lowest BCUT2D eigenvalue weighted by atomic mass is 10.2. The Kier molecular flexibility index (Phi) is 5.13. The highest BCUT2D eigenvalue weighted by Crippen LogP contribution is 2.24. The van der Waals surface area contributed by atoms with Crippen molar-refractivity contribution in [3.63, 3.8) is 0 Å². The standard InChI is InChI=1S/C12H18F3N3O3S/c1-10-6-16-18(7-10)9-11-8-17(2-4-21-11)3-5-22(19,20)12(13,14)15/h6-7,11H,2-5,8-9H2,1H3/t11-/m1/s1. The van der Waals surface area contributed by atoms with Gasteiger partial charge in [0.1, 0.15) is 0 Å². The van der Waals surface area contributed by atoms with Crippen LogP contribution in [0.4, 0.5) is 13.2 Å². The monoisotopic (exact) mass is 341 g/mol. The van der Waals surface area contributed by atoms with Crippen LogP contribution in [-0.2, 0) is 21.1 Å². The summed E-state index contributed by atoms with van der Waals surface area (Å²) >= 11 is 0. The third-order valence-corrected chi connectivity index (χ3v) is 4.83. The van der Waals surface area contributed by atoms with Crippen LogP contribution in [0.2, 0.25) is 0 Å². The van der Waals surface area contributed by atoms with E-state index < -0.39 is 21.1 Å². The Hall–Kier alpha value is -1.13. The van der Waals surface area contributed by atoms with Gasteiger partial charge in [0.05, 0.1) is 31.2 Å². The predicted octanol–water partition coefficient (Wildman–Crippen LogP) is 0.827. The fraction of sp³-hybridized carbons (Fsp3) is 0.750. The van der Waals surface area contributed by atoms with Crippen molar-refractivity contribution in [2.24, 2.45) is 0 Å². The van der Waals surface area contributed by atoms with E-state index in [1.165, 1.54) is 0 Å². The molecule has 22 heavy (non-hydrogen) atoms. The van der Waals surface area contributed by atoms with Crippen molar-refractivity contribution in [2.45, 2.75) is 25.1 Å². The molecule has 1 atom stereocenters. The molecular formula is C12H18F3N3O3S. The number of alkyl halides is 3. The molecule has 0 bridgehead atoms. The summed E-state index contributed by atoms with van der Waals surface area (Å²) in [5.41, 5.74) is -4.19. The van der Waals surface area contributed by atoms with E-state index in [-0.39, 0.29) is 12.6 Å². The average molecular weight is 341 g/mol. The molecule has 2 rings (SSSR count). The molecule has 0 N–H and O–H groups in total. The molecule has 0 radical (unpaired) electrons. The molecule has 1 fully saturated rings. The SMILES string of the molecule is Cc1cnn(C[C@H]2CN(CCS(=O)(=O)C(F)(F)F)CCO2)c1. The van der Waals surface area contributed by atoms with Crippen LogP contribution in [0.25, 0.3) is 0 Å². The van der Waals surface area contributed by atoms with Gasteiger partial charge in [-0.15, -0.1) is 0 Å². The number of nitrogens with zero attached hydrogens (tertiary/aromatic N) is 3. The van der Waals surface area contributed by atoms with E-state index in [1.807, 2.05) is 13.1 Å². The molecule has 0 saturated carbocycles. The van der Waals surface area contributed by atoms with Gasteiger partial charge in [0.2, 0.25) is 9.84 Å². The van der Waals surface area contributed by atoms with Crippen molar-refractivity contribution in [3.8, 4) is 0 Å². The molecule has 126 valence electrons. The fourth-order valence-corrected chi connectivity index (χ4v) is 2.96. The van der Waals surface area contributed by atoms with Gasteiger partial charge in [-0.2, -0.15) is 18.3 Å². The van der Waals surface area contributed by atoms with Gasteiger partial charge in [-0.25, -0.2) is 8.42 Å². The van der Waals surface area contributed by atoms with Gasteiger partial charge in [0.25, 0.3) is 0 Å². The minimum atomic E-state index is -5.19. The first-order chi connectivity index (χ1) is 10.2. The van der Waals surface area contributed by atoms with Crippen LogP contribution in [0.5, 0.6) is 0 Å². The Morgan fingerprint density at radius 3 is 2.77 bits per heavy atom. The van der Waals surface area contributed by atoms with Crippen molar-refractivity contribution in [2.75, 3.05) is 32.0 Å². The van der Waals surface area contributed by atoms with Crippen molar-refractivity contribution >= 4 is 9.84 Å². The topological polar surface area (TPSA) is 64.4 Å². The highest BCUT2D eigenvalue weighted by atomic mass is 32.2. The molecule has 0 aromatic carbocycles. The molecule has 1 aromatic rings. The summed E-state index contributed by atoms with van der Waals surface area (Å²) in [5, 5.41) is 4.13. The molecule has 0 amide bonds. The number of rotatable bonds is 5. The zero-order valence-electron chi connectivity index (χ0n) is 12.1. The first-order valence-electron chi connectivity index (χ1n) is 6.79. The van der Waals surface area contributed by atoms with Crippen LogP contribution in [0.3, 0.4) is 0 Å². The highest BCUT2D eigenvalue weighted by molar-refractivity contribution is 7.92. The van der Waals surface area contributed by atoms with E-state index in [1.54, 1.807) is 15.8 Å². The Balaban J connectivity index is 1.86. The van der Waals surface area contributed by atoms with Crippen LogP contribution >= 0.6 is 0 Å². The van der Waals surface area contributed by atoms with Gasteiger partial charge >= 0.3 is 5.51 Å². The van der Waals surface area contributed by atoms with Gasteiger partial charge < -0.3 is 4.74 Å². The van der Waals surface area contributed by atoms with Crippen molar-refractivity contribution < 1.29 is 26.3 Å². The molecular weight excluding hydrogens is 323 g/mol. The Labute approximate surface area is 126 Å². The lowest BCUT2D eigenvalue weighted by Crippen LogP contribution is -2.46. The van der Waals surface area contributed by atoms with Gasteiger partial charge in [-0.05, 0) is 12.5 Å². The maximum absolute atomic E-state index is 12.3. The zero-order valence-corrected chi connectivity index (χ0v) is 12.9. The molecule has 6 nitrogen and oxygen atoms in total.